The summed E-state index contributed by atoms with van der Waals surface area (Å²) in [5.41, 5.74) is 3.59. The molecule has 0 aliphatic heterocycles. The first-order valence-electron chi connectivity index (χ1n) is 12.6. The molecule has 0 unspecified atom stereocenters. The Morgan fingerprint density at radius 1 is 1.10 bits per heavy atom. The minimum atomic E-state index is -1.26. The third-order valence-corrected chi connectivity index (χ3v) is 8.23. The van der Waals surface area contributed by atoms with Crippen molar-refractivity contribution in [1.82, 2.24) is 14.5 Å². The van der Waals surface area contributed by atoms with Gasteiger partial charge in [0.15, 0.2) is 10.9 Å². The number of imidazole rings is 1. The Kier molecular flexibility index (Phi) is 9.05. The average Bonchev–Trinajstić information content (AvgIpc) is 3.55. The van der Waals surface area contributed by atoms with Gasteiger partial charge in [-0.3, -0.25) is 14.2 Å². The van der Waals surface area contributed by atoms with Gasteiger partial charge in [0.1, 0.15) is 12.5 Å². The highest BCUT2D eigenvalue weighted by Gasteiger charge is 2.24. The van der Waals surface area contributed by atoms with Crippen molar-refractivity contribution in [2.75, 3.05) is 23.5 Å². The Bertz CT molecular complexity index is 1450. The lowest BCUT2D eigenvalue weighted by molar-refractivity contribution is -0.114. The van der Waals surface area contributed by atoms with Gasteiger partial charge in [-0.25, -0.2) is 9.97 Å². The summed E-state index contributed by atoms with van der Waals surface area (Å²) >= 11 is 1.51. The lowest BCUT2D eigenvalue weighted by Crippen LogP contribution is -2.22. The van der Waals surface area contributed by atoms with E-state index in [1.807, 2.05) is 47.2 Å². The molecule has 2 N–H and O–H groups in total. The Morgan fingerprint density at radius 3 is 2.59 bits per heavy atom. The topological polar surface area (TPSA) is 111 Å². The van der Waals surface area contributed by atoms with E-state index in [-0.39, 0.29) is 17.6 Å². The number of aromatic nitrogens is 3. The first kappa shape index (κ1) is 28.3. The van der Waals surface area contributed by atoms with E-state index in [9.17, 15) is 9.59 Å². The molecule has 39 heavy (non-hydrogen) atoms. The van der Waals surface area contributed by atoms with Gasteiger partial charge in [-0.2, -0.15) is 0 Å². The fraction of sp³-hybridized carbons (Fsp3) is 0.286. The molecule has 11 heteroatoms. The largest absolute Gasteiger partial charge is 0.459 e. The third-order valence-electron chi connectivity index (χ3n) is 5.84. The number of furan rings is 1. The van der Waals surface area contributed by atoms with Crippen LogP contribution in [0.2, 0.25) is 25.7 Å². The van der Waals surface area contributed by atoms with Crippen molar-refractivity contribution in [3.8, 4) is 22.5 Å². The Balaban J connectivity index is 1.81. The summed E-state index contributed by atoms with van der Waals surface area (Å²) in [5, 5.41) is 6.48. The zero-order valence-corrected chi connectivity index (χ0v) is 24.6. The van der Waals surface area contributed by atoms with E-state index in [0.29, 0.717) is 30.5 Å². The first-order chi connectivity index (χ1) is 18.7. The van der Waals surface area contributed by atoms with Crippen LogP contribution in [0.4, 0.5) is 11.5 Å². The van der Waals surface area contributed by atoms with Gasteiger partial charge in [-0.15, -0.1) is 0 Å². The van der Waals surface area contributed by atoms with Gasteiger partial charge in [0.05, 0.1) is 23.3 Å². The standard InChI is InChI=1S/C28H33N5O4SSi/c1-19(34)30-24-17-20(12-13-29-24)26-25(32-28(38-2)33(26)18-36-15-16-39(3,4)5)21-9-6-7-10-22(21)31-27(35)23-11-8-14-37-23/h6-14,17H,15-16,18H2,1-5H3,(H,31,35)(H,29,30,34). The SMILES string of the molecule is CSc1nc(-c2ccccc2NC(=O)c2ccco2)c(-c2ccnc(NC(C)=O)c2)n1COCC[Si](C)(C)C. The molecule has 4 rings (SSSR count). The second kappa shape index (κ2) is 12.5. The molecule has 0 fully saturated rings. The summed E-state index contributed by atoms with van der Waals surface area (Å²) in [7, 11) is -1.26. The van der Waals surface area contributed by atoms with Crippen LogP contribution < -0.4 is 10.6 Å². The van der Waals surface area contributed by atoms with Crippen LogP contribution in [0.3, 0.4) is 0 Å². The number of amides is 2. The number of ether oxygens (including phenoxy) is 1. The van der Waals surface area contributed by atoms with Crippen LogP contribution in [0.15, 0.2) is 70.6 Å². The van der Waals surface area contributed by atoms with Gasteiger partial charge < -0.3 is 19.8 Å². The quantitative estimate of drug-likeness (QED) is 0.123. The highest BCUT2D eigenvalue weighted by atomic mass is 32.2. The number of carbonyl (C=O) groups is 2. The monoisotopic (exact) mass is 563 g/mol. The minimum Gasteiger partial charge on any atom is -0.459 e. The van der Waals surface area contributed by atoms with E-state index in [4.69, 9.17) is 14.1 Å². The molecule has 0 saturated carbocycles. The molecule has 0 radical (unpaired) electrons. The van der Waals surface area contributed by atoms with Crippen molar-refractivity contribution >= 4 is 43.2 Å². The van der Waals surface area contributed by atoms with Crippen LogP contribution in [-0.2, 0) is 16.3 Å². The van der Waals surface area contributed by atoms with Gasteiger partial charge in [0.25, 0.3) is 5.91 Å². The fourth-order valence-electron chi connectivity index (χ4n) is 3.94. The van der Waals surface area contributed by atoms with Crippen LogP contribution in [0, 0.1) is 0 Å². The molecule has 2 amide bonds. The van der Waals surface area contributed by atoms with Crippen molar-refractivity contribution in [2.24, 2.45) is 0 Å². The number of pyridine rings is 1. The van der Waals surface area contributed by atoms with Crippen molar-refractivity contribution in [3.63, 3.8) is 0 Å². The lowest BCUT2D eigenvalue weighted by Gasteiger charge is -2.17. The van der Waals surface area contributed by atoms with Crippen LogP contribution in [-0.4, -0.2) is 47.3 Å². The molecule has 3 heterocycles. The van der Waals surface area contributed by atoms with Gasteiger partial charge in [0.2, 0.25) is 5.91 Å². The zero-order valence-electron chi connectivity index (χ0n) is 22.8. The number of hydrogen-bond donors (Lipinski definition) is 2. The second-order valence-corrected chi connectivity index (χ2v) is 16.6. The number of para-hydroxylation sites is 1. The van der Waals surface area contributed by atoms with E-state index < -0.39 is 8.07 Å². The predicted molar refractivity (Wildman–Crippen MR) is 158 cm³/mol. The minimum absolute atomic E-state index is 0.209. The van der Waals surface area contributed by atoms with E-state index in [1.54, 1.807) is 18.3 Å². The fourth-order valence-corrected chi connectivity index (χ4v) is 5.24. The predicted octanol–water partition coefficient (Wildman–Crippen LogP) is 6.45. The second-order valence-electron chi connectivity index (χ2n) is 10.2. The van der Waals surface area contributed by atoms with E-state index in [0.717, 1.165) is 28.0 Å². The lowest BCUT2D eigenvalue weighted by atomic mass is 10.0. The van der Waals surface area contributed by atoms with Crippen LogP contribution in [0.1, 0.15) is 17.5 Å². The van der Waals surface area contributed by atoms with Crippen LogP contribution >= 0.6 is 11.8 Å². The molecule has 0 aliphatic carbocycles. The maximum atomic E-state index is 12.8. The number of anilines is 2. The maximum absolute atomic E-state index is 12.8. The number of nitrogens with one attached hydrogen (secondary N) is 2. The Morgan fingerprint density at radius 2 is 1.90 bits per heavy atom. The average molecular weight is 564 g/mol. The number of carbonyl (C=O) groups excluding carboxylic acids is 2. The Hall–Kier alpha value is -3.67. The molecule has 0 saturated heterocycles. The van der Waals surface area contributed by atoms with Gasteiger partial charge in [0, 0.05) is 38.9 Å². The van der Waals surface area contributed by atoms with E-state index >= 15 is 0 Å². The Labute approximate surface area is 233 Å². The molecule has 204 valence electrons. The highest BCUT2D eigenvalue weighted by molar-refractivity contribution is 7.98. The summed E-state index contributed by atoms with van der Waals surface area (Å²) in [6.07, 6.45) is 5.08. The summed E-state index contributed by atoms with van der Waals surface area (Å²) in [4.78, 5) is 33.9. The zero-order chi connectivity index (χ0) is 28.0. The molecular weight excluding hydrogens is 530 g/mol. The van der Waals surface area contributed by atoms with Crippen molar-refractivity contribution in [3.05, 3.63) is 66.8 Å². The number of benzene rings is 1. The summed E-state index contributed by atoms with van der Waals surface area (Å²) in [6.45, 7) is 9.36. The summed E-state index contributed by atoms with van der Waals surface area (Å²) in [6, 6.07) is 15.5. The van der Waals surface area contributed by atoms with Crippen molar-refractivity contribution < 1.29 is 18.7 Å². The number of hydrogen-bond acceptors (Lipinski definition) is 7. The molecule has 0 aliphatic rings. The first-order valence-corrected chi connectivity index (χ1v) is 17.5. The van der Waals surface area contributed by atoms with E-state index in [2.05, 4.69) is 35.3 Å². The molecule has 0 spiro atoms. The maximum Gasteiger partial charge on any atom is 0.291 e. The molecule has 4 aromatic rings. The normalized spacial score (nSPS) is 11.4. The summed E-state index contributed by atoms with van der Waals surface area (Å²) < 4.78 is 13.5. The van der Waals surface area contributed by atoms with Crippen molar-refractivity contribution in [1.29, 1.82) is 0 Å². The number of rotatable bonds is 11. The smallest absolute Gasteiger partial charge is 0.291 e. The van der Waals surface area contributed by atoms with Crippen LogP contribution in [0.25, 0.3) is 22.5 Å². The molecule has 1 aromatic carbocycles. The highest BCUT2D eigenvalue weighted by Crippen LogP contribution is 2.39. The third kappa shape index (κ3) is 7.25. The molecule has 0 atom stereocenters. The van der Waals surface area contributed by atoms with Gasteiger partial charge in [-0.05, 0) is 42.6 Å². The summed E-state index contributed by atoms with van der Waals surface area (Å²) in [5.74, 6) is 0.0811. The molecule has 3 aromatic heterocycles. The number of nitrogens with zero attached hydrogens (tertiary/aromatic N) is 3. The molecular formula is C28H33N5O4SSi. The van der Waals surface area contributed by atoms with E-state index in [1.165, 1.54) is 24.9 Å². The van der Waals surface area contributed by atoms with Gasteiger partial charge in [-0.1, -0.05) is 49.6 Å². The van der Waals surface area contributed by atoms with Crippen molar-refractivity contribution in [2.45, 2.75) is 44.5 Å². The molecule has 9 nitrogen and oxygen atoms in total. The van der Waals surface area contributed by atoms with Gasteiger partial charge >= 0.3 is 0 Å². The number of thioether (sulfide) groups is 1. The molecule has 0 bridgehead atoms. The van der Waals surface area contributed by atoms with Crippen LogP contribution in [0.5, 0.6) is 0 Å².